The second-order valence-electron chi connectivity index (χ2n) is 3.15. The highest BCUT2D eigenvalue weighted by atomic mass is 16.4. The van der Waals surface area contributed by atoms with E-state index < -0.39 is 5.63 Å². The van der Waals surface area contributed by atoms with Crippen molar-refractivity contribution in [2.24, 2.45) is 0 Å². The molecule has 3 nitrogen and oxygen atoms in total. The second-order valence-corrected chi connectivity index (χ2v) is 3.15. The Labute approximate surface area is 89.1 Å². The molecule has 0 spiro atoms. The lowest BCUT2D eigenvalue weighted by molar-refractivity contribution is 0.424. The van der Waals surface area contributed by atoms with E-state index in [-0.39, 0.29) is 5.75 Å². The molecule has 0 saturated heterocycles. The van der Waals surface area contributed by atoms with E-state index in [0.717, 1.165) is 18.4 Å². The van der Waals surface area contributed by atoms with Crippen molar-refractivity contribution in [3.63, 3.8) is 0 Å². The SMILES string of the molecule is CC.Cc1c(O)c2c(oc1=O)C=CCC2. The molecule has 0 aliphatic heterocycles. The Hall–Kier alpha value is -1.51. The monoisotopic (exact) mass is 208 g/mol. The average Bonchev–Trinajstić information content (AvgIpc) is 2.29. The average molecular weight is 208 g/mol. The van der Waals surface area contributed by atoms with Gasteiger partial charge in [0.05, 0.1) is 5.56 Å². The summed E-state index contributed by atoms with van der Waals surface area (Å²) >= 11 is 0. The Kier molecular flexibility index (Phi) is 3.72. The van der Waals surface area contributed by atoms with Gasteiger partial charge in [0.25, 0.3) is 0 Å². The number of rotatable bonds is 0. The van der Waals surface area contributed by atoms with Gasteiger partial charge in [0.2, 0.25) is 0 Å². The molecule has 3 heteroatoms. The van der Waals surface area contributed by atoms with E-state index in [4.69, 9.17) is 4.42 Å². The summed E-state index contributed by atoms with van der Waals surface area (Å²) < 4.78 is 5.01. The Morgan fingerprint density at radius 1 is 1.40 bits per heavy atom. The number of hydrogen-bond acceptors (Lipinski definition) is 3. The van der Waals surface area contributed by atoms with Gasteiger partial charge in [0, 0.05) is 5.56 Å². The first-order valence-electron chi connectivity index (χ1n) is 5.22. The van der Waals surface area contributed by atoms with E-state index in [9.17, 15) is 9.90 Å². The molecule has 0 amide bonds. The maximum absolute atomic E-state index is 11.2. The first kappa shape index (κ1) is 11.6. The zero-order valence-corrected chi connectivity index (χ0v) is 9.33. The predicted molar refractivity (Wildman–Crippen MR) is 60.1 cm³/mol. The molecule has 2 rings (SSSR count). The fraction of sp³-hybridized carbons (Fsp3) is 0.417. The summed E-state index contributed by atoms with van der Waals surface area (Å²) in [5, 5.41) is 9.63. The first-order valence-corrected chi connectivity index (χ1v) is 5.22. The summed E-state index contributed by atoms with van der Waals surface area (Å²) in [7, 11) is 0. The van der Waals surface area contributed by atoms with E-state index >= 15 is 0 Å². The molecule has 1 aromatic heterocycles. The fourth-order valence-corrected chi connectivity index (χ4v) is 1.47. The van der Waals surface area contributed by atoms with Crippen LogP contribution in [0.1, 0.15) is 37.2 Å². The molecule has 1 N–H and O–H groups in total. The lowest BCUT2D eigenvalue weighted by atomic mass is 10.0. The van der Waals surface area contributed by atoms with Gasteiger partial charge < -0.3 is 9.52 Å². The van der Waals surface area contributed by atoms with E-state index in [1.54, 1.807) is 13.0 Å². The molecular formula is C12H16O3. The van der Waals surface area contributed by atoms with Crippen molar-refractivity contribution in [2.45, 2.75) is 33.6 Å². The smallest absolute Gasteiger partial charge is 0.342 e. The van der Waals surface area contributed by atoms with Gasteiger partial charge in [-0.05, 0) is 25.8 Å². The van der Waals surface area contributed by atoms with Crippen molar-refractivity contribution in [2.75, 3.05) is 0 Å². The molecule has 0 atom stereocenters. The third-order valence-electron chi connectivity index (χ3n) is 2.28. The molecule has 0 saturated carbocycles. The normalized spacial score (nSPS) is 12.7. The van der Waals surface area contributed by atoms with E-state index in [0.29, 0.717) is 11.3 Å². The van der Waals surface area contributed by atoms with Crippen LogP contribution in [0.2, 0.25) is 0 Å². The lowest BCUT2D eigenvalue weighted by Gasteiger charge is -2.11. The number of aromatic hydroxyl groups is 1. The van der Waals surface area contributed by atoms with Crippen molar-refractivity contribution >= 4 is 6.08 Å². The fourth-order valence-electron chi connectivity index (χ4n) is 1.47. The number of allylic oxidation sites excluding steroid dienone is 1. The van der Waals surface area contributed by atoms with E-state index in [1.807, 2.05) is 19.9 Å². The van der Waals surface area contributed by atoms with Crippen LogP contribution in [0.3, 0.4) is 0 Å². The van der Waals surface area contributed by atoms with Crippen molar-refractivity contribution in [1.29, 1.82) is 0 Å². The quantitative estimate of drug-likeness (QED) is 0.713. The van der Waals surface area contributed by atoms with E-state index in [2.05, 4.69) is 0 Å². The van der Waals surface area contributed by atoms with E-state index in [1.165, 1.54) is 0 Å². The Bertz CT molecular complexity index is 427. The van der Waals surface area contributed by atoms with Crippen LogP contribution in [0.5, 0.6) is 5.75 Å². The third-order valence-corrected chi connectivity index (χ3v) is 2.28. The minimum Gasteiger partial charge on any atom is -0.507 e. The van der Waals surface area contributed by atoms with Crippen LogP contribution in [0.15, 0.2) is 15.3 Å². The highest BCUT2D eigenvalue weighted by Crippen LogP contribution is 2.27. The predicted octanol–water partition coefficient (Wildman–Crippen LogP) is 2.64. The van der Waals surface area contributed by atoms with Gasteiger partial charge in [-0.1, -0.05) is 19.9 Å². The largest absolute Gasteiger partial charge is 0.507 e. The van der Waals surface area contributed by atoms with Crippen LogP contribution in [0.25, 0.3) is 6.08 Å². The summed E-state index contributed by atoms with van der Waals surface area (Å²) in [6, 6.07) is 0. The molecular weight excluding hydrogens is 192 g/mol. The van der Waals surface area contributed by atoms with Gasteiger partial charge in [-0.25, -0.2) is 4.79 Å². The highest BCUT2D eigenvalue weighted by Gasteiger charge is 2.16. The minimum absolute atomic E-state index is 0.0931. The third kappa shape index (κ3) is 2.12. The van der Waals surface area contributed by atoms with Crippen molar-refractivity contribution in [3.05, 3.63) is 33.4 Å². The minimum atomic E-state index is -0.456. The summed E-state index contributed by atoms with van der Waals surface area (Å²) in [5.41, 5.74) is 0.594. The summed E-state index contributed by atoms with van der Waals surface area (Å²) in [5.74, 6) is 0.593. The molecule has 0 fully saturated rings. The number of hydrogen-bond donors (Lipinski definition) is 1. The summed E-state index contributed by atoms with van der Waals surface area (Å²) in [6.45, 7) is 5.57. The van der Waals surface area contributed by atoms with Gasteiger partial charge in [0.1, 0.15) is 11.5 Å². The van der Waals surface area contributed by atoms with Crippen molar-refractivity contribution in [1.82, 2.24) is 0 Å². The highest BCUT2D eigenvalue weighted by molar-refractivity contribution is 5.55. The van der Waals surface area contributed by atoms with Crippen LogP contribution in [-0.4, -0.2) is 5.11 Å². The molecule has 0 bridgehead atoms. The van der Waals surface area contributed by atoms with Crippen LogP contribution >= 0.6 is 0 Å². The van der Waals surface area contributed by atoms with Gasteiger partial charge >= 0.3 is 5.63 Å². The molecule has 15 heavy (non-hydrogen) atoms. The van der Waals surface area contributed by atoms with Gasteiger partial charge in [-0.15, -0.1) is 0 Å². The lowest BCUT2D eigenvalue weighted by Crippen LogP contribution is -2.08. The van der Waals surface area contributed by atoms with Crippen LogP contribution in [-0.2, 0) is 6.42 Å². The maximum Gasteiger partial charge on any atom is 0.342 e. The van der Waals surface area contributed by atoms with Gasteiger partial charge in [-0.2, -0.15) is 0 Å². The first-order chi connectivity index (χ1) is 7.20. The molecule has 1 aliphatic rings. The van der Waals surface area contributed by atoms with Crippen LogP contribution in [0.4, 0.5) is 0 Å². The molecule has 1 heterocycles. The second kappa shape index (κ2) is 4.82. The van der Waals surface area contributed by atoms with Crippen molar-refractivity contribution < 1.29 is 9.52 Å². The van der Waals surface area contributed by atoms with Crippen molar-refractivity contribution in [3.8, 4) is 5.75 Å². The van der Waals surface area contributed by atoms with Crippen LogP contribution in [0, 0.1) is 6.92 Å². The van der Waals surface area contributed by atoms with Gasteiger partial charge in [0.15, 0.2) is 0 Å². The molecule has 82 valence electrons. The zero-order chi connectivity index (χ0) is 11.4. The molecule has 0 unspecified atom stereocenters. The topological polar surface area (TPSA) is 50.4 Å². The van der Waals surface area contributed by atoms with Gasteiger partial charge in [-0.3, -0.25) is 0 Å². The Morgan fingerprint density at radius 2 is 2.07 bits per heavy atom. The molecule has 1 aromatic rings. The number of fused-ring (bicyclic) bond motifs is 1. The Balaban J connectivity index is 0.000000531. The summed E-state index contributed by atoms with van der Waals surface area (Å²) in [4.78, 5) is 11.2. The van der Waals surface area contributed by atoms with Crippen LogP contribution < -0.4 is 5.63 Å². The zero-order valence-electron chi connectivity index (χ0n) is 9.33. The standard InChI is InChI=1S/C10H10O3.C2H6/c1-6-9(11)7-4-2-3-5-8(7)13-10(6)12;1-2/h3,5,11H,2,4H2,1H3;1-2H3. The summed E-state index contributed by atoms with van der Waals surface area (Å²) in [6.07, 6.45) is 5.29. The molecule has 0 aromatic carbocycles. The maximum atomic E-state index is 11.2. The molecule has 0 radical (unpaired) electrons. The Morgan fingerprint density at radius 3 is 2.73 bits per heavy atom. The molecule has 1 aliphatic carbocycles.